The van der Waals surface area contributed by atoms with E-state index in [0.29, 0.717) is 0 Å². The minimum absolute atomic E-state index is 0.182. The molecule has 0 aliphatic carbocycles. The molecule has 2 atom stereocenters. The summed E-state index contributed by atoms with van der Waals surface area (Å²) in [6.07, 6.45) is 4.76. The number of pyridine rings is 1. The third kappa shape index (κ3) is 3.30. The van der Waals surface area contributed by atoms with E-state index < -0.39 is 0 Å². The molecule has 1 aromatic heterocycles. The summed E-state index contributed by atoms with van der Waals surface area (Å²) in [6, 6.07) is 2.24. The summed E-state index contributed by atoms with van der Waals surface area (Å²) >= 11 is 0. The topological polar surface area (TPSA) is 34.2 Å². The standard InChI is InChI=1S/C15H26N2O/c1-6-15(5,18-8-3)14(17-7-2)13-11-16-10-9-12(13)4/h9-11,14,17H,6-8H2,1-5H3. The van der Waals surface area contributed by atoms with E-state index in [9.17, 15) is 0 Å². The molecule has 0 aliphatic rings. The van der Waals surface area contributed by atoms with E-state index in [4.69, 9.17) is 4.74 Å². The van der Waals surface area contributed by atoms with Gasteiger partial charge in [-0.1, -0.05) is 13.8 Å². The van der Waals surface area contributed by atoms with Crippen molar-refractivity contribution in [2.24, 2.45) is 0 Å². The maximum absolute atomic E-state index is 6.01. The Hall–Kier alpha value is -0.930. The number of ether oxygens (including phenoxy) is 1. The minimum atomic E-state index is -0.196. The third-order valence-corrected chi connectivity index (χ3v) is 3.59. The quantitative estimate of drug-likeness (QED) is 0.806. The second-order valence-corrected chi connectivity index (χ2v) is 4.82. The van der Waals surface area contributed by atoms with Crippen LogP contribution in [0.25, 0.3) is 0 Å². The van der Waals surface area contributed by atoms with Crippen LogP contribution in [0.5, 0.6) is 0 Å². The first-order valence-electron chi connectivity index (χ1n) is 6.86. The summed E-state index contributed by atoms with van der Waals surface area (Å²) in [5.41, 5.74) is 2.30. The lowest BCUT2D eigenvalue weighted by atomic mass is 9.86. The van der Waals surface area contributed by atoms with Gasteiger partial charge in [0.2, 0.25) is 0 Å². The van der Waals surface area contributed by atoms with Gasteiger partial charge in [0, 0.05) is 19.0 Å². The maximum atomic E-state index is 6.01. The van der Waals surface area contributed by atoms with Crippen molar-refractivity contribution in [1.82, 2.24) is 10.3 Å². The predicted molar refractivity (Wildman–Crippen MR) is 75.7 cm³/mol. The number of aromatic nitrogens is 1. The highest BCUT2D eigenvalue weighted by molar-refractivity contribution is 5.27. The zero-order valence-corrected chi connectivity index (χ0v) is 12.3. The lowest BCUT2D eigenvalue weighted by molar-refractivity contribution is -0.0562. The molecule has 3 nitrogen and oxygen atoms in total. The number of likely N-dealkylation sites (N-methyl/N-ethyl adjacent to an activating group) is 1. The van der Waals surface area contributed by atoms with Gasteiger partial charge in [0.15, 0.2) is 0 Å². The average Bonchev–Trinajstić information content (AvgIpc) is 2.37. The highest BCUT2D eigenvalue weighted by Gasteiger charge is 2.34. The maximum Gasteiger partial charge on any atom is 0.0846 e. The Kier molecular flexibility index (Phi) is 5.76. The van der Waals surface area contributed by atoms with Crippen molar-refractivity contribution in [3.05, 3.63) is 29.6 Å². The molecular weight excluding hydrogens is 224 g/mol. The van der Waals surface area contributed by atoms with Gasteiger partial charge in [-0.25, -0.2) is 0 Å². The average molecular weight is 250 g/mol. The summed E-state index contributed by atoms with van der Waals surface area (Å²) in [6.45, 7) is 12.3. The van der Waals surface area contributed by atoms with Crippen LogP contribution in [0.15, 0.2) is 18.5 Å². The van der Waals surface area contributed by atoms with Crippen LogP contribution in [0, 0.1) is 6.92 Å². The first-order valence-corrected chi connectivity index (χ1v) is 6.86. The lowest BCUT2D eigenvalue weighted by Crippen LogP contribution is -2.44. The van der Waals surface area contributed by atoms with Crippen molar-refractivity contribution >= 4 is 0 Å². The van der Waals surface area contributed by atoms with Crippen LogP contribution in [-0.4, -0.2) is 23.7 Å². The second kappa shape index (κ2) is 6.86. The van der Waals surface area contributed by atoms with Crippen LogP contribution in [0.1, 0.15) is 51.3 Å². The molecule has 0 aliphatic heterocycles. The van der Waals surface area contributed by atoms with Crippen LogP contribution in [0.3, 0.4) is 0 Å². The molecule has 0 saturated carbocycles. The first kappa shape index (κ1) is 15.1. The SMILES string of the molecule is CCNC(c1cnccc1C)C(C)(CC)OCC. The Morgan fingerprint density at radius 1 is 1.39 bits per heavy atom. The van der Waals surface area contributed by atoms with Gasteiger partial charge in [-0.3, -0.25) is 4.98 Å². The van der Waals surface area contributed by atoms with E-state index in [0.717, 1.165) is 19.6 Å². The van der Waals surface area contributed by atoms with Crippen molar-refractivity contribution in [3.8, 4) is 0 Å². The van der Waals surface area contributed by atoms with E-state index in [1.165, 1.54) is 11.1 Å². The molecule has 18 heavy (non-hydrogen) atoms. The van der Waals surface area contributed by atoms with Gasteiger partial charge in [0.05, 0.1) is 11.6 Å². The molecule has 1 aromatic rings. The smallest absolute Gasteiger partial charge is 0.0846 e. The Morgan fingerprint density at radius 3 is 2.61 bits per heavy atom. The Bertz CT molecular complexity index is 367. The van der Waals surface area contributed by atoms with Gasteiger partial charge < -0.3 is 10.1 Å². The zero-order chi connectivity index (χ0) is 13.6. The van der Waals surface area contributed by atoms with E-state index in [1.54, 1.807) is 0 Å². The Labute approximate surface area is 111 Å². The molecule has 0 saturated heterocycles. The normalized spacial score (nSPS) is 16.3. The van der Waals surface area contributed by atoms with Crippen LogP contribution in [0.2, 0.25) is 0 Å². The highest BCUT2D eigenvalue weighted by Crippen LogP contribution is 2.33. The molecule has 1 N–H and O–H groups in total. The number of nitrogens with zero attached hydrogens (tertiary/aromatic N) is 1. The summed E-state index contributed by atoms with van der Waals surface area (Å²) in [7, 11) is 0. The fourth-order valence-electron chi connectivity index (χ4n) is 2.36. The van der Waals surface area contributed by atoms with Crippen LogP contribution >= 0.6 is 0 Å². The summed E-state index contributed by atoms with van der Waals surface area (Å²) < 4.78 is 6.01. The summed E-state index contributed by atoms with van der Waals surface area (Å²) in [4.78, 5) is 4.26. The molecule has 2 unspecified atom stereocenters. The molecule has 0 spiro atoms. The summed E-state index contributed by atoms with van der Waals surface area (Å²) in [5, 5.41) is 3.55. The van der Waals surface area contributed by atoms with Crippen molar-refractivity contribution in [2.45, 2.75) is 52.7 Å². The monoisotopic (exact) mass is 250 g/mol. The number of hydrogen-bond acceptors (Lipinski definition) is 3. The van der Waals surface area contributed by atoms with Gasteiger partial charge in [-0.2, -0.15) is 0 Å². The predicted octanol–water partition coefficient (Wildman–Crippen LogP) is 3.25. The molecule has 0 radical (unpaired) electrons. The van der Waals surface area contributed by atoms with Crippen LogP contribution in [-0.2, 0) is 4.74 Å². The molecule has 0 amide bonds. The second-order valence-electron chi connectivity index (χ2n) is 4.82. The van der Waals surface area contributed by atoms with Crippen molar-refractivity contribution < 1.29 is 4.74 Å². The summed E-state index contributed by atoms with van der Waals surface area (Å²) in [5.74, 6) is 0. The molecule has 1 rings (SSSR count). The number of nitrogens with one attached hydrogen (secondary N) is 1. The van der Waals surface area contributed by atoms with E-state index in [2.05, 4.69) is 44.1 Å². The molecular formula is C15H26N2O. The molecule has 0 aromatic carbocycles. The fraction of sp³-hybridized carbons (Fsp3) is 0.667. The minimum Gasteiger partial charge on any atom is -0.374 e. The van der Waals surface area contributed by atoms with Crippen molar-refractivity contribution in [2.75, 3.05) is 13.2 Å². The molecule has 0 fully saturated rings. The van der Waals surface area contributed by atoms with Gasteiger partial charge in [-0.05, 0) is 50.9 Å². The van der Waals surface area contributed by atoms with Gasteiger partial charge in [0.25, 0.3) is 0 Å². The molecule has 1 heterocycles. The van der Waals surface area contributed by atoms with E-state index in [1.807, 2.05) is 19.3 Å². The largest absolute Gasteiger partial charge is 0.374 e. The number of hydrogen-bond donors (Lipinski definition) is 1. The molecule has 3 heteroatoms. The Balaban J connectivity index is 3.12. The molecule has 0 bridgehead atoms. The van der Waals surface area contributed by atoms with E-state index >= 15 is 0 Å². The highest BCUT2D eigenvalue weighted by atomic mass is 16.5. The third-order valence-electron chi connectivity index (χ3n) is 3.59. The molecule has 102 valence electrons. The van der Waals surface area contributed by atoms with Crippen LogP contribution < -0.4 is 5.32 Å². The van der Waals surface area contributed by atoms with Gasteiger partial charge in [-0.15, -0.1) is 0 Å². The zero-order valence-electron chi connectivity index (χ0n) is 12.3. The van der Waals surface area contributed by atoms with Crippen LogP contribution in [0.4, 0.5) is 0 Å². The van der Waals surface area contributed by atoms with Crippen molar-refractivity contribution in [1.29, 1.82) is 0 Å². The number of rotatable bonds is 7. The van der Waals surface area contributed by atoms with Crippen molar-refractivity contribution in [3.63, 3.8) is 0 Å². The van der Waals surface area contributed by atoms with Gasteiger partial charge in [0.1, 0.15) is 0 Å². The number of aryl methyl sites for hydroxylation is 1. The lowest BCUT2D eigenvalue weighted by Gasteiger charge is -2.38. The first-order chi connectivity index (χ1) is 8.59. The fourth-order valence-corrected chi connectivity index (χ4v) is 2.36. The van der Waals surface area contributed by atoms with E-state index in [-0.39, 0.29) is 11.6 Å². The van der Waals surface area contributed by atoms with Gasteiger partial charge >= 0.3 is 0 Å². The Morgan fingerprint density at radius 2 is 2.11 bits per heavy atom.